The molecule has 0 bridgehead atoms. The van der Waals surface area contributed by atoms with E-state index in [1.807, 2.05) is 0 Å². The third-order valence-electron chi connectivity index (χ3n) is 3.31. The first-order valence-corrected chi connectivity index (χ1v) is 7.17. The van der Waals surface area contributed by atoms with Crippen LogP contribution in [0.25, 0.3) is 11.3 Å². The van der Waals surface area contributed by atoms with Crippen LogP contribution in [0.15, 0.2) is 60.8 Å². The largest absolute Gasteiger partial charge is 0.416 e. The third-order valence-corrected chi connectivity index (χ3v) is 3.31. The number of nitrogens with zero attached hydrogens (tertiary/aromatic N) is 3. The first kappa shape index (κ1) is 16.6. The van der Waals surface area contributed by atoms with Crippen molar-refractivity contribution in [2.75, 3.05) is 5.32 Å². The fourth-order valence-electron chi connectivity index (χ4n) is 2.06. The van der Waals surface area contributed by atoms with E-state index in [0.29, 0.717) is 11.3 Å². The van der Waals surface area contributed by atoms with Crippen LogP contribution in [0.4, 0.5) is 19.0 Å². The summed E-state index contributed by atoms with van der Waals surface area (Å²) in [5.74, 6) is -0.219. The molecule has 0 saturated heterocycles. The van der Waals surface area contributed by atoms with Gasteiger partial charge in [0.15, 0.2) is 5.82 Å². The number of aromatic nitrogens is 3. The van der Waals surface area contributed by atoms with Crippen LogP contribution in [0.2, 0.25) is 0 Å². The van der Waals surface area contributed by atoms with Crippen molar-refractivity contribution in [3.05, 3.63) is 72.1 Å². The van der Waals surface area contributed by atoms with Gasteiger partial charge in [-0.15, -0.1) is 10.2 Å². The minimum atomic E-state index is -4.39. The van der Waals surface area contributed by atoms with Gasteiger partial charge in [-0.3, -0.25) is 9.78 Å². The Balaban J connectivity index is 1.73. The van der Waals surface area contributed by atoms with E-state index in [2.05, 4.69) is 20.5 Å². The number of alkyl halides is 3. The number of rotatable bonds is 3. The summed E-state index contributed by atoms with van der Waals surface area (Å²) in [4.78, 5) is 15.9. The van der Waals surface area contributed by atoms with Crippen molar-refractivity contribution in [3.63, 3.8) is 0 Å². The van der Waals surface area contributed by atoms with E-state index in [4.69, 9.17) is 0 Å². The zero-order valence-corrected chi connectivity index (χ0v) is 12.7. The normalized spacial score (nSPS) is 11.2. The van der Waals surface area contributed by atoms with Crippen molar-refractivity contribution in [2.45, 2.75) is 6.18 Å². The lowest BCUT2D eigenvalue weighted by Gasteiger charge is -2.07. The van der Waals surface area contributed by atoms with Gasteiger partial charge in [0.05, 0.1) is 11.3 Å². The minimum absolute atomic E-state index is 0.214. The number of nitrogens with one attached hydrogen (secondary N) is 1. The van der Waals surface area contributed by atoms with Crippen molar-refractivity contribution in [2.24, 2.45) is 0 Å². The molecule has 25 heavy (non-hydrogen) atoms. The van der Waals surface area contributed by atoms with Crippen LogP contribution in [0.1, 0.15) is 16.1 Å². The van der Waals surface area contributed by atoms with Gasteiger partial charge in [-0.05, 0) is 36.4 Å². The number of amides is 1. The lowest BCUT2D eigenvalue weighted by atomic mass is 10.1. The first-order valence-electron chi connectivity index (χ1n) is 7.17. The van der Waals surface area contributed by atoms with Gasteiger partial charge >= 0.3 is 6.18 Å². The molecule has 0 saturated carbocycles. The summed E-state index contributed by atoms with van der Waals surface area (Å²) in [7, 11) is 0. The second-order valence-electron chi connectivity index (χ2n) is 5.05. The van der Waals surface area contributed by atoms with Gasteiger partial charge in [0, 0.05) is 11.8 Å². The van der Waals surface area contributed by atoms with E-state index in [1.165, 1.54) is 24.4 Å². The summed E-state index contributed by atoms with van der Waals surface area (Å²) in [6.45, 7) is 0. The number of carbonyl (C=O) groups is 1. The van der Waals surface area contributed by atoms with E-state index in [0.717, 1.165) is 12.1 Å². The molecule has 0 unspecified atom stereocenters. The van der Waals surface area contributed by atoms with Crippen molar-refractivity contribution in [1.82, 2.24) is 15.2 Å². The van der Waals surface area contributed by atoms with Crippen LogP contribution in [0.3, 0.4) is 0 Å². The SMILES string of the molecule is O=C(Nc1ccc(-c2ccc(C(F)(F)F)cc2)nn1)c1ccccn1. The second-order valence-corrected chi connectivity index (χ2v) is 5.05. The lowest BCUT2D eigenvalue weighted by molar-refractivity contribution is -0.137. The number of hydrogen-bond donors (Lipinski definition) is 1. The maximum Gasteiger partial charge on any atom is 0.416 e. The molecular weight excluding hydrogens is 333 g/mol. The predicted molar refractivity (Wildman–Crippen MR) is 84.7 cm³/mol. The molecule has 0 aliphatic heterocycles. The fraction of sp³-hybridized carbons (Fsp3) is 0.0588. The maximum atomic E-state index is 12.6. The van der Waals surface area contributed by atoms with Gasteiger partial charge < -0.3 is 5.32 Å². The summed E-state index contributed by atoms with van der Waals surface area (Å²) < 4.78 is 37.7. The molecule has 0 aliphatic rings. The number of carbonyl (C=O) groups excluding carboxylic acids is 1. The molecule has 1 N–H and O–H groups in total. The smallest absolute Gasteiger partial charge is 0.304 e. The van der Waals surface area contributed by atoms with Crippen molar-refractivity contribution in [3.8, 4) is 11.3 Å². The molecule has 1 aromatic carbocycles. The van der Waals surface area contributed by atoms with E-state index >= 15 is 0 Å². The predicted octanol–water partition coefficient (Wildman–Crippen LogP) is 3.81. The molecule has 8 heteroatoms. The van der Waals surface area contributed by atoms with Gasteiger partial charge in [-0.25, -0.2) is 0 Å². The molecule has 2 aromatic heterocycles. The Morgan fingerprint density at radius 3 is 2.24 bits per heavy atom. The molecule has 0 atom stereocenters. The average Bonchev–Trinajstić information content (AvgIpc) is 2.62. The molecule has 3 aromatic rings. The molecule has 3 rings (SSSR count). The Bertz CT molecular complexity index is 863. The van der Waals surface area contributed by atoms with E-state index < -0.39 is 17.6 Å². The Labute approximate surface area is 140 Å². The van der Waals surface area contributed by atoms with Gasteiger partial charge in [-0.1, -0.05) is 18.2 Å². The van der Waals surface area contributed by atoms with Crippen LogP contribution in [-0.2, 0) is 6.18 Å². The van der Waals surface area contributed by atoms with Crippen molar-refractivity contribution in [1.29, 1.82) is 0 Å². The van der Waals surface area contributed by atoms with Gasteiger partial charge in [0.2, 0.25) is 0 Å². The van der Waals surface area contributed by atoms with Crippen molar-refractivity contribution >= 4 is 11.7 Å². The van der Waals surface area contributed by atoms with E-state index in [-0.39, 0.29) is 11.5 Å². The molecule has 0 radical (unpaired) electrons. The number of anilines is 1. The van der Waals surface area contributed by atoms with Gasteiger partial charge in [-0.2, -0.15) is 13.2 Å². The maximum absolute atomic E-state index is 12.6. The lowest BCUT2D eigenvalue weighted by Crippen LogP contribution is -2.14. The summed E-state index contributed by atoms with van der Waals surface area (Å²) in [5.41, 5.74) is 0.382. The van der Waals surface area contributed by atoms with Gasteiger partial charge in [0.1, 0.15) is 5.69 Å². The van der Waals surface area contributed by atoms with E-state index in [1.54, 1.807) is 24.3 Å². The topological polar surface area (TPSA) is 67.8 Å². The minimum Gasteiger partial charge on any atom is -0.304 e. The standard InChI is InChI=1S/C17H11F3N4O/c18-17(19,20)12-6-4-11(5-7-12)13-8-9-15(24-23-13)22-16(25)14-3-1-2-10-21-14/h1-10H,(H,22,24,25). The Kier molecular flexibility index (Phi) is 4.42. The highest BCUT2D eigenvalue weighted by Crippen LogP contribution is 2.30. The number of benzene rings is 1. The average molecular weight is 344 g/mol. The number of pyridine rings is 1. The Hall–Kier alpha value is -3.29. The van der Waals surface area contributed by atoms with E-state index in [9.17, 15) is 18.0 Å². The van der Waals surface area contributed by atoms with Crippen LogP contribution in [-0.4, -0.2) is 21.1 Å². The van der Waals surface area contributed by atoms with Crippen LogP contribution < -0.4 is 5.32 Å². The third kappa shape index (κ3) is 3.97. The molecule has 5 nitrogen and oxygen atoms in total. The second kappa shape index (κ2) is 6.68. The summed E-state index contributed by atoms with van der Waals surface area (Å²) >= 11 is 0. The molecule has 2 heterocycles. The van der Waals surface area contributed by atoms with Crippen LogP contribution >= 0.6 is 0 Å². The zero-order chi connectivity index (χ0) is 17.9. The molecule has 0 aliphatic carbocycles. The highest BCUT2D eigenvalue weighted by atomic mass is 19.4. The molecular formula is C17H11F3N4O. The zero-order valence-electron chi connectivity index (χ0n) is 12.7. The quantitative estimate of drug-likeness (QED) is 0.784. The molecule has 0 fully saturated rings. The number of halogens is 3. The summed E-state index contributed by atoms with van der Waals surface area (Å²) in [5, 5.41) is 10.3. The number of hydrogen-bond acceptors (Lipinski definition) is 4. The molecule has 1 amide bonds. The Morgan fingerprint density at radius 2 is 1.68 bits per heavy atom. The summed E-state index contributed by atoms with van der Waals surface area (Å²) in [6, 6.07) is 12.6. The van der Waals surface area contributed by atoms with Crippen LogP contribution in [0, 0.1) is 0 Å². The van der Waals surface area contributed by atoms with Crippen molar-refractivity contribution < 1.29 is 18.0 Å². The van der Waals surface area contributed by atoms with Gasteiger partial charge in [0.25, 0.3) is 5.91 Å². The molecule has 0 spiro atoms. The molecule has 126 valence electrons. The fourth-order valence-corrected chi connectivity index (χ4v) is 2.06. The highest BCUT2D eigenvalue weighted by molar-refractivity contribution is 6.02. The first-order chi connectivity index (χ1) is 11.9. The Morgan fingerprint density at radius 1 is 0.920 bits per heavy atom. The summed E-state index contributed by atoms with van der Waals surface area (Å²) in [6.07, 6.45) is -2.89. The monoisotopic (exact) mass is 344 g/mol. The highest BCUT2D eigenvalue weighted by Gasteiger charge is 2.30. The van der Waals surface area contributed by atoms with Crippen LogP contribution in [0.5, 0.6) is 0 Å².